The maximum absolute atomic E-state index is 11.6. The van der Waals surface area contributed by atoms with Gasteiger partial charge in [0.25, 0.3) is 0 Å². The van der Waals surface area contributed by atoms with Crippen molar-refractivity contribution >= 4 is 11.8 Å². The molecule has 0 bridgehead atoms. The molecule has 92 valence electrons. The van der Waals surface area contributed by atoms with Gasteiger partial charge in [-0.3, -0.25) is 9.59 Å². The second kappa shape index (κ2) is 6.13. The van der Waals surface area contributed by atoms with Gasteiger partial charge in [0.1, 0.15) is 6.42 Å². The van der Waals surface area contributed by atoms with E-state index in [0.717, 1.165) is 11.1 Å². The zero-order valence-corrected chi connectivity index (χ0v) is 10.5. The molecule has 0 radical (unpaired) electrons. The summed E-state index contributed by atoms with van der Waals surface area (Å²) in [6, 6.07) is 2.03. The Balaban J connectivity index is 2.59. The number of Topliss-reactive ketones (excluding diaryl/α,β-unsaturated/α-hetero) is 1. The van der Waals surface area contributed by atoms with Gasteiger partial charge in [-0.15, -0.1) is 0 Å². The van der Waals surface area contributed by atoms with Crippen LogP contribution in [-0.2, 0) is 20.9 Å². The lowest BCUT2D eigenvalue weighted by Crippen LogP contribution is -2.38. The molecule has 0 aromatic carbocycles. The van der Waals surface area contributed by atoms with Crippen LogP contribution in [-0.4, -0.2) is 18.4 Å². The maximum Gasteiger partial charge on any atom is 0.313 e. The molecule has 1 heterocycles. The molecule has 1 aromatic heterocycles. The van der Waals surface area contributed by atoms with Crippen LogP contribution in [0.25, 0.3) is 0 Å². The van der Waals surface area contributed by atoms with Crippen LogP contribution >= 0.6 is 0 Å². The number of pyridine rings is 1. The van der Waals surface area contributed by atoms with Crippen LogP contribution in [0, 0.1) is 13.8 Å². The molecule has 1 rings (SSSR count). The first-order chi connectivity index (χ1) is 8.01. The number of rotatable bonds is 5. The summed E-state index contributed by atoms with van der Waals surface area (Å²) in [7, 11) is 0. The highest BCUT2D eigenvalue weighted by Gasteiger charge is 2.15. The van der Waals surface area contributed by atoms with Gasteiger partial charge in [0.05, 0.1) is 6.61 Å². The molecule has 0 aliphatic rings. The van der Waals surface area contributed by atoms with Crippen molar-refractivity contribution in [2.45, 2.75) is 33.7 Å². The van der Waals surface area contributed by atoms with Gasteiger partial charge < -0.3 is 4.74 Å². The fourth-order valence-corrected chi connectivity index (χ4v) is 1.72. The summed E-state index contributed by atoms with van der Waals surface area (Å²) >= 11 is 0. The Morgan fingerprint density at radius 1 is 1.24 bits per heavy atom. The Morgan fingerprint density at radius 2 is 1.82 bits per heavy atom. The zero-order valence-electron chi connectivity index (χ0n) is 10.5. The normalized spacial score (nSPS) is 10.1. The zero-order chi connectivity index (χ0) is 12.8. The van der Waals surface area contributed by atoms with Gasteiger partial charge in [0, 0.05) is 11.1 Å². The summed E-state index contributed by atoms with van der Waals surface area (Å²) in [5.41, 5.74) is 2.18. The summed E-state index contributed by atoms with van der Waals surface area (Å²) in [6.45, 7) is 6.18. The molecule has 0 aliphatic heterocycles. The third-order valence-electron chi connectivity index (χ3n) is 2.20. The SMILES string of the molecule is CCOC(=O)CC(=O)C[n+]1cc(C)cc(C)c1. The van der Waals surface area contributed by atoms with Gasteiger partial charge >= 0.3 is 5.97 Å². The molecule has 0 saturated heterocycles. The van der Waals surface area contributed by atoms with Crippen LogP contribution in [0.2, 0.25) is 0 Å². The summed E-state index contributed by atoms with van der Waals surface area (Å²) in [5, 5.41) is 0. The highest BCUT2D eigenvalue weighted by molar-refractivity contribution is 5.94. The fraction of sp³-hybridized carbons (Fsp3) is 0.462. The van der Waals surface area contributed by atoms with E-state index >= 15 is 0 Å². The first kappa shape index (κ1) is 13.4. The Hall–Kier alpha value is -1.71. The van der Waals surface area contributed by atoms with E-state index in [1.165, 1.54) is 0 Å². The minimum Gasteiger partial charge on any atom is -0.466 e. The summed E-state index contributed by atoms with van der Waals surface area (Å²) in [5.74, 6) is -0.596. The van der Waals surface area contributed by atoms with Crippen LogP contribution in [0.5, 0.6) is 0 Å². The van der Waals surface area contributed by atoms with Crippen molar-refractivity contribution in [1.82, 2.24) is 0 Å². The Kier molecular flexibility index (Phi) is 4.82. The number of hydrogen-bond donors (Lipinski definition) is 0. The molecule has 0 saturated carbocycles. The molecule has 0 aliphatic carbocycles. The first-order valence-electron chi connectivity index (χ1n) is 5.66. The highest BCUT2D eigenvalue weighted by Crippen LogP contribution is 1.98. The average molecular weight is 236 g/mol. The topological polar surface area (TPSA) is 47.3 Å². The van der Waals surface area contributed by atoms with Crippen molar-refractivity contribution in [3.63, 3.8) is 0 Å². The van der Waals surface area contributed by atoms with Crippen molar-refractivity contribution in [1.29, 1.82) is 0 Å². The predicted molar refractivity (Wildman–Crippen MR) is 62.4 cm³/mol. The molecule has 1 aromatic rings. The van der Waals surface area contributed by atoms with Gasteiger partial charge in [0.2, 0.25) is 12.3 Å². The number of ether oxygens (including phenoxy) is 1. The minimum absolute atomic E-state index is 0.140. The largest absolute Gasteiger partial charge is 0.466 e. The van der Waals surface area contributed by atoms with Crippen molar-refractivity contribution in [2.24, 2.45) is 0 Å². The molecule has 4 heteroatoms. The summed E-state index contributed by atoms with van der Waals surface area (Å²) in [6.07, 6.45) is 3.61. The Morgan fingerprint density at radius 3 is 2.35 bits per heavy atom. The quantitative estimate of drug-likeness (QED) is 0.437. The van der Waals surface area contributed by atoms with Crippen LogP contribution in [0.3, 0.4) is 0 Å². The minimum atomic E-state index is -0.456. The van der Waals surface area contributed by atoms with Crippen LogP contribution in [0.1, 0.15) is 24.5 Å². The lowest BCUT2D eigenvalue weighted by atomic mass is 10.2. The number of ketones is 1. The highest BCUT2D eigenvalue weighted by atomic mass is 16.5. The third kappa shape index (κ3) is 4.76. The number of hydrogen-bond acceptors (Lipinski definition) is 3. The van der Waals surface area contributed by atoms with E-state index in [-0.39, 0.29) is 18.7 Å². The van der Waals surface area contributed by atoms with Crippen LogP contribution in [0.15, 0.2) is 18.5 Å². The molecule has 0 fully saturated rings. The van der Waals surface area contributed by atoms with Crippen molar-refractivity contribution in [3.8, 4) is 0 Å². The van der Waals surface area contributed by atoms with Crippen molar-refractivity contribution in [2.75, 3.05) is 6.61 Å². The summed E-state index contributed by atoms with van der Waals surface area (Å²) < 4.78 is 6.53. The van der Waals surface area contributed by atoms with Gasteiger partial charge in [-0.05, 0) is 26.8 Å². The number of carbonyl (C=O) groups is 2. The van der Waals surface area contributed by atoms with Crippen molar-refractivity contribution in [3.05, 3.63) is 29.6 Å². The second-order valence-corrected chi connectivity index (χ2v) is 4.08. The first-order valence-corrected chi connectivity index (χ1v) is 5.66. The number of carbonyl (C=O) groups excluding carboxylic acids is 2. The number of esters is 1. The summed E-state index contributed by atoms with van der Waals surface area (Å²) in [4.78, 5) is 22.7. The van der Waals surface area contributed by atoms with E-state index in [1.54, 1.807) is 11.5 Å². The van der Waals surface area contributed by atoms with Crippen LogP contribution < -0.4 is 4.57 Å². The van der Waals surface area contributed by atoms with Crippen molar-refractivity contribution < 1.29 is 18.9 Å². The Labute approximate surface area is 101 Å². The second-order valence-electron chi connectivity index (χ2n) is 4.08. The lowest BCUT2D eigenvalue weighted by Gasteiger charge is -2.01. The van der Waals surface area contributed by atoms with Gasteiger partial charge in [0.15, 0.2) is 12.4 Å². The average Bonchev–Trinajstić information content (AvgIpc) is 2.14. The molecule has 17 heavy (non-hydrogen) atoms. The third-order valence-corrected chi connectivity index (χ3v) is 2.20. The molecule has 0 amide bonds. The van der Waals surface area contributed by atoms with Crippen LogP contribution in [0.4, 0.5) is 0 Å². The van der Waals surface area contributed by atoms with E-state index in [0.29, 0.717) is 6.61 Å². The molecular formula is C13H18NO3+. The molecule has 0 atom stereocenters. The molecule has 0 N–H and O–H groups in total. The predicted octanol–water partition coefficient (Wildman–Crippen LogP) is 1.11. The van der Waals surface area contributed by atoms with E-state index in [4.69, 9.17) is 4.74 Å². The van der Waals surface area contributed by atoms with Gasteiger partial charge in [-0.25, -0.2) is 0 Å². The number of aryl methyl sites for hydroxylation is 2. The number of nitrogens with zero attached hydrogens (tertiary/aromatic N) is 1. The van der Waals surface area contributed by atoms with E-state index in [9.17, 15) is 9.59 Å². The number of aromatic nitrogens is 1. The lowest BCUT2D eigenvalue weighted by molar-refractivity contribution is -0.684. The fourth-order valence-electron chi connectivity index (χ4n) is 1.72. The van der Waals surface area contributed by atoms with Gasteiger partial charge in [-0.1, -0.05) is 0 Å². The Bertz CT molecular complexity index is 406. The standard InChI is InChI=1S/C13H18NO3/c1-4-17-13(16)6-12(15)9-14-7-10(2)5-11(3)8-14/h5,7-8H,4,6,9H2,1-3H3/q+1. The molecule has 4 nitrogen and oxygen atoms in total. The van der Waals surface area contributed by atoms with E-state index in [2.05, 4.69) is 0 Å². The molecule has 0 unspecified atom stereocenters. The smallest absolute Gasteiger partial charge is 0.313 e. The maximum atomic E-state index is 11.6. The van der Waals surface area contributed by atoms with E-state index in [1.807, 2.05) is 32.3 Å². The molecular weight excluding hydrogens is 218 g/mol. The monoisotopic (exact) mass is 236 g/mol. The molecule has 0 spiro atoms. The van der Waals surface area contributed by atoms with Gasteiger partial charge in [-0.2, -0.15) is 4.57 Å². The van der Waals surface area contributed by atoms with E-state index < -0.39 is 5.97 Å².